The summed E-state index contributed by atoms with van der Waals surface area (Å²) in [5, 5.41) is 1.12. The molecule has 0 atom stereocenters. The van der Waals surface area contributed by atoms with Crippen LogP contribution in [0.25, 0.3) is 0 Å². The van der Waals surface area contributed by atoms with Crippen molar-refractivity contribution in [3.63, 3.8) is 0 Å². The Kier molecular flexibility index (Phi) is 6.03. The third-order valence-electron chi connectivity index (χ3n) is 3.69. The van der Waals surface area contributed by atoms with Crippen molar-refractivity contribution >= 4 is 35.2 Å². The molecule has 0 amide bonds. The molecule has 0 saturated heterocycles. The first kappa shape index (κ1) is 17.8. The summed E-state index contributed by atoms with van der Waals surface area (Å²) >= 11 is 12.5. The molecule has 122 valence electrons. The number of halogens is 3. The zero-order chi connectivity index (χ0) is 17.0. The zero-order valence-electron chi connectivity index (χ0n) is 13.4. The van der Waals surface area contributed by atoms with E-state index in [0.717, 1.165) is 28.9 Å². The first-order valence-electron chi connectivity index (χ1n) is 7.38. The SMILES string of the molecule is CCN(C)C=Nc1cc(C)c(Cc2cc(F)ccc2Cl)cc1Cl. The van der Waals surface area contributed by atoms with Crippen LogP contribution in [0.4, 0.5) is 10.1 Å². The molecule has 0 aliphatic carbocycles. The molecule has 0 heterocycles. The van der Waals surface area contributed by atoms with Crippen molar-refractivity contribution in [2.45, 2.75) is 20.3 Å². The summed E-state index contributed by atoms with van der Waals surface area (Å²) in [7, 11) is 1.95. The van der Waals surface area contributed by atoms with Crippen molar-refractivity contribution < 1.29 is 4.39 Å². The van der Waals surface area contributed by atoms with Gasteiger partial charge < -0.3 is 4.90 Å². The molecule has 2 aromatic carbocycles. The second kappa shape index (κ2) is 7.80. The quantitative estimate of drug-likeness (QED) is 0.501. The van der Waals surface area contributed by atoms with Crippen molar-refractivity contribution in [2.24, 2.45) is 4.99 Å². The Morgan fingerprint density at radius 3 is 2.57 bits per heavy atom. The number of hydrogen-bond acceptors (Lipinski definition) is 1. The van der Waals surface area contributed by atoms with E-state index in [1.165, 1.54) is 12.1 Å². The highest BCUT2D eigenvalue weighted by molar-refractivity contribution is 6.33. The van der Waals surface area contributed by atoms with Crippen LogP contribution in [0.1, 0.15) is 23.6 Å². The van der Waals surface area contributed by atoms with E-state index in [1.807, 2.05) is 37.9 Å². The number of nitrogens with zero attached hydrogens (tertiary/aromatic N) is 2. The van der Waals surface area contributed by atoms with Gasteiger partial charge in [0.25, 0.3) is 0 Å². The highest BCUT2D eigenvalue weighted by Gasteiger charge is 2.09. The zero-order valence-corrected chi connectivity index (χ0v) is 14.9. The Bertz CT molecular complexity index is 729. The summed E-state index contributed by atoms with van der Waals surface area (Å²) in [6.07, 6.45) is 2.28. The first-order chi connectivity index (χ1) is 10.9. The van der Waals surface area contributed by atoms with Crippen molar-refractivity contribution in [1.82, 2.24) is 4.90 Å². The largest absolute Gasteiger partial charge is 0.366 e. The van der Waals surface area contributed by atoms with Gasteiger partial charge in [0.05, 0.1) is 17.0 Å². The average Bonchev–Trinajstić information content (AvgIpc) is 2.52. The predicted molar refractivity (Wildman–Crippen MR) is 96.9 cm³/mol. The molecular formula is C18H19Cl2FN2. The predicted octanol–water partition coefficient (Wildman–Crippen LogP) is 5.64. The van der Waals surface area contributed by atoms with E-state index in [9.17, 15) is 4.39 Å². The molecule has 2 nitrogen and oxygen atoms in total. The van der Waals surface area contributed by atoms with Crippen molar-refractivity contribution in [3.8, 4) is 0 Å². The van der Waals surface area contributed by atoms with Gasteiger partial charge in [0.1, 0.15) is 5.82 Å². The molecule has 0 aliphatic heterocycles. The number of rotatable bonds is 5. The summed E-state index contributed by atoms with van der Waals surface area (Å²) in [6.45, 7) is 4.91. The molecule has 2 aromatic rings. The average molecular weight is 353 g/mol. The maximum atomic E-state index is 13.4. The van der Waals surface area contributed by atoms with Gasteiger partial charge >= 0.3 is 0 Å². The van der Waals surface area contributed by atoms with Gasteiger partial charge in [-0.15, -0.1) is 0 Å². The Hall–Kier alpha value is -1.58. The molecule has 0 aromatic heterocycles. The molecule has 5 heteroatoms. The van der Waals surface area contributed by atoms with Gasteiger partial charge in [0, 0.05) is 18.6 Å². The van der Waals surface area contributed by atoms with Gasteiger partial charge in [-0.1, -0.05) is 23.2 Å². The maximum Gasteiger partial charge on any atom is 0.123 e. The third-order valence-corrected chi connectivity index (χ3v) is 4.36. The maximum absolute atomic E-state index is 13.4. The van der Waals surface area contributed by atoms with Gasteiger partial charge in [0.2, 0.25) is 0 Å². The lowest BCUT2D eigenvalue weighted by atomic mass is 10.00. The van der Waals surface area contributed by atoms with Crippen LogP contribution >= 0.6 is 23.2 Å². The summed E-state index contributed by atoms with van der Waals surface area (Å²) < 4.78 is 13.4. The summed E-state index contributed by atoms with van der Waals surface area (Å²) in [4.78, 5) is 6.36. The van der Waals surface area contributed by atoms with Crippen LogP contribution in [0.5, 0.6) is 0 Å². The molecule has 0 N–H and O–H groups in total. The topological polar surface area (TPSA) is 15.6 Å². The van der Waals surface area contributed by atoms with Crippen molar-refractivity contribution in [2.75, 3.05) is 13.6 Å². The Balaban J connectivity index is 2.29. The van der Waals surface area contributed by atoms with Gasteiger partial charge in [-0.25, -0.2) is 9.38 Å². The number of aliphatic imine (C=N–C) groups is 1. The van der Waals surface area contributed by atoms with Crippen LogP contribution in [0, 0.1) is 12.7 Å². The Labute approximate surface area is 146 Å². The van der Waals surface area contributed by atoms with Gasteiger partial charge in [-0.3, -0.25) is 0 Å². The van der Waals surface area contributed by atoms with E-state index in [2.05, 4.69) is 4.99 Å². The third kappa shape index (κ3) is 4.69. The summed E-state index contributed by atoms with van der Waals surface area (Å²) in [6, 6.07) is 8.19. The fourth-order valence-corrected chi connectivity index (χ4v) is 2.54. The smallest absolute Gasteiger partial charge is 0.123 e. The van der Waals surface area contributed by atoms with Gasteiger partial charge in [-0.2, -0.15) is 0 Å². The van der Waals surface area contributed by atoms with E-state index in [0.29, 0.717) is 16.5 Å². The minimum absolute atomic E-state index is 0.294. The minimum Gasteiger partial charge on any atom is -0.366 e. The number of benzene rings is 2. The van der Waals surface area contributed by atoms with Crippen LogP contribution < -0.4 is 0 Å². The fraction of sp³-hybridized carbons (Fsp3) is 0.278. The Morgan fingerprint density at radius 1 is 1.13 bits per heavy atom. The van der Waals surface area contributed by atoms with Gasteiger partial charge in [0.15, 0.2) is 0 Å². The highest BCUT2D eigenvalue weighted by Crippen LogP contribution is 2.30. The minimum atomic E-state index is -0.294. The lowest BCUT2D eigenvalue weighted by molar-refractivity contribution is 0.552. The van der Waals surface area contributed by atoms with Crippen LogP contribution in [0.3, 0.4) is 0 Å². The summed E-state index contributed by atoms with van der Waals surface area (Å²) in [5.41, 5.74) is 3.51. The lowest BCUT2D eigenvalue weighted by Crippen LogP contribution is -2.14. The molecule has 23 heavy (non-hydrogen) atoms. The monoisotopic (exact) mass is 352 g/mol. The standard InChI is InChI=1S/C18H19Cl2FN2/c1-4-23(3)11-22-18-7-12(2)13(10-17(18)20)8-14-9-15(21)5-6-16(14)19/h5-7,9-11H,4,8H2,1-3H3. The molecule has 0 spiro atoms. The highest BCUT2D eigenvalue weighted by atomic mass is 35.5. The van der Waals surface area contributed by atoms with Crippen LogP contribution in [-0.2, 0) is 6.42 Å². The molecule has 0 aliphatic rings. The van der Waals surface area contributed by atoms with Gasteiger partial charge in [-0.05, 0) is 67.3 Å². The second-order valence-electron chi connectivity index (χ2n) is 5.46. The molecule has 0 bridgehead atoms. The van der Waals surface area contributed by atoms with Crippen LogP contribution in [0.15, 0.2) is 35.3 Å². The van der Waals surface area contributed by atoms with Crippen LogP contribution in [0.2, 0.25) is 10.0 Å². The number of hydrogen-bond donors (Lipinski definition) is 0. The fourth-order valence-electron chi connectivity index (χ4n) is 2.12. The number of aryl methyl sites for hydroxylation is 1. The molecule has 0 radical (unpaired) electrons. The van der Waals surface area contributed by atoms with Crippen LogP contribution in [-0.4, -0.2) is 24.8 Å². The van der Waals surface area contributed by atoms with E-state index in [1.54, 1.807) is 12.4 Å². The first-order valence-corrected chi connectivity index (χ1v) is 8.13. The van der Waals surface area contributed by atoms with E-state index in [-0.39, 0.29) is 5.82 Å². The van der Waals surface area contributed by atoms with Crippen molar-refractivity contribution in [3.05, 3.63) is 62.9 Å². The second-order valence-corrected chi connectivity index (χ2v) is 6.27. The molecule has 0 fully saturated rings. The van der Waals surface area contributed by atoms with E-state index >= 15 is 0 Å². The summed E-state index contributed by atoms with van der Waals surface area (Å²) in [5.74, 6) is -0.294. The lowest BCUT2D eigenvalue weighted by Gasteiger charge is -2.12. The molecule has 0 saturated carbocycles. The normalized spacial score (nSPS) is 11.2. The van der Waals surface area contributed by atoms with Crippen molar-refractivity contribution in [1.29, 1.82) is 0 Å². The molecule has 2 rings (SSSR count). The Morgan fingerprint density at radius 2 is 1.87 bits per heavy atom. The van der Waals surface area contributed by atoms with E-state index < -0.39 is 0 Å². The molecule has 0 unspecified atom stereocenters. The molecular weight excluding hydrogens is 334 g/mol. The van der Waals surface area contributed by atoms with E-state index in [4.69, 9.17) is 23.2 Å².